The van der Waals surface area contributed by atoms with Crippen molar-refractivity contribution in [3.63, 3.8) is 0 Å². The van der Waals surface area contributed by atoms with Gasteiger partial charge in [-0.1, -0.05) is 160 Å². The topological polar surface area (TPSA) is 0 Å². The molecule has 0 unspecified atom stereocenters. The average Bonchev–Trinajstić information content (AvgIpc) is 3.03. The fourth-order valence-corrected chi connectivity index (χ4v) is 4.26. The zero-order chi connectivity index (χ0) is 29.1. The molecule has 0 nitrogen and oxygen atoms in total. The molecule has 5 aromatic carbocycles. The van der Waals surface area contributed by atoms with Gasteiger partial charge in [0.15, 0.2) is 0 Å². The maximum atomic E-state index is 2.33. The summed E-state index contributed by atoms with van der Waals surface area (Å²) in [5, 5.41) is 5.28. The summed E-state index contributed by atoms with van der Waals surface area (Å²) < 4.78 is 0. The van der Waals surface area contributed by atoms with Gasteiger partial charge in [-0.05, 0) is 74.8 Å². The SMILES string of the molecule is CC.CC.CC.CC.CC.Cc1ccc(-c2cccc(-c3ccc(C)c4ccccc34)c2)c2ccccc12. The fraction of sp³-hybridized carbons (Fsp3) is 0.316. The molecule has 0 saturated heterocycles. The summed E-state index contributed by atoms with van der Waals surface area (Å²) in [5.74, 6) is 0. The number of hydrogen-bond donors (Lipinski definition) is 0. The van der Waals surface area contributed by atoms with Gasteiger partial charge in [-0.15, -0.1) is 0 Å². The van der Waals surface area contributed by atoms with Gasteiger partial charge in [0.1, 0.15) is 0 Å². The number of fused-ring (bicyclic) bond motifs is 2. The zero-order valence-corrected chi connectivity index (χ0v) is 26.2. The smallest absolute Gasteiger partial charge is 0.0103 e. The Morgan fingerprint density at radius 1 is 0.316 bits per heavy atom. The predicted octanol–water partition coefficient (Wildman–Crippen LogP) is 13.1. The Balaban J connectivity index is 0.00000124. The third kappa shape index (κ3) is 8.32. The Hall–Kier alpha value is -3.38. The van der Waals surface area contributed by atoms with Crippen molar-refractivity contribution < 1.29 is 0 Å². The quantitative estimate of drug-likeness (QED) is 0.222. The lowest BCUT2D eigenvalue weighted by Gasteiger charge is -2.13. The van der Waals surface area contributed by atoms with Crippen molar-refractivity contribution >= 4 is 21.5 Å². The van der Waals surface area contributed by atoms with Crippen LogP contribution < -0.4 is 0 Å². The second kappa shape index (κ2) is 19.7. The highest BCUT2D eigenvalue weighted by Crippen LogP contribution is 2.35. The van der Waals surface area contributed by atoms with Crippen LogP contribution in [0.5, 0.6) is 0 Å². The Morgan fingerprint density at radius 3 is 0.974 bits per heavy atom. The molecule has 0 fully saturated rings. The summed E-state index contributed by atoms with van der Waals surface area (Å²) in [6.07, 6.45) is 0. The third-order valence-corrected chi connectivity index (χ3v) is 5.77. The average molecular weight is 509 g/mol. The van der Waals surface area contributed by atoms with Crippen molar-refractivity contribution in [3.05, 3.63) is 108 Å². The normalized spacial score (nSPS) is 9.05. The van der Waals surface area contributed by atoms with E-state index in [2.05, 4.69) is 111 Å². The number of benzene rings is 5. The van der Waals surface area contributed by atoms with Gasteiger partial charge in [-0.3, -0.25) is 0 Å². The van der Waals surface area contributed by atoms with E-state index in [4.69, 9.17) is 0 Å². The Labute approximate surface area is 234 Å². The molecule has 0 saturated carbocycles. The van der Waals surface area contributed by atoms with Gasteiger partial charge in [-0.25, -0.2) is 0 Å². The van der Waals surface area contributed by atoms with Crippen LogP contribution in [0.4, 0.5) is 0 Å². The van der Waals surface area contributed by atoms with E-state index in [0.29, 0.717) is 0 Å². The molecule has 5 rings (SSSR count). The van der Waals surface area contributed by atoms with Crippen LogP contribution in [0.2, 0.25) is 0 Å². The molecule has 0 amide bonds. The largest absolute Gasteiger partial charge is 0.0683 e. The molecule has 0 heteroatoms. The van der Waals surface area contributed by atoms with E-state index in [0.717, 1.165) is 0 Å². The molecule has 0 atom stereocenters. The maximum Gasteiger partial charge on any atom is -0.0103 e. The summed E-state index contributed by atoms with van der Waals surface area (Å²) >= 11 is 0. The highest BCUT2D eigenvalue weighted by atomic mass is 14.1. The Bertz CT molecular complexity index is 1220. The lowest BCUT2D eigenvalue weighted by Crippen LogP contribution is -1.87. The Morgan fingerprint density at radius 2 is 0.632 bits per heavy atom. The summed E-state index contributed by atoms with van der Waals surface area (Å²) in [5.41, 5.74) is 7.75. The zero-order valence-electron chi connectivity index (χ0n) is 26.2. The van der Waals surface area contributed by atoms with Gasteiger partial charge < -0.3 is 0 Å². The molecule has 0 aliphatic carbocycles. The van der Waals surface area contributed by atoms with Gasteiger partial charge >= 0.3 is 0 Å². The van der Waals surface area contributed by atoms with Crippen molar-refractivity contribution in [1.82, 2.24) is 0 Å². The molecule has 0 aromatic heterocycles. The first-order chi connectivity index (χ1) is 18.7. The summed E-state index contributed by atoms with van der Waals surface area (Å²) in [6, 6.07) is 35.3. The highest BCUT2D eigenvalue weighted by Gasteiger charge is 2.09. The minimum Gasteiger partial charge on any atom is -0.0683 e. The summed E-state index contributed by atoms with van der Waals surface area (Å²) in [7, 11) is 0. The van der Waals surface area contributed by atoms with Crippen LogP contribution in [0.15, 0.2) is 97.1 Å². The molecule has 38 heavy (non-hydrogen) atoms. The van der Waals surface area contributed by atoms with Crippen molar-refractivity contribution in [1.29, 1.82) is 0 Å². The first-order valence-electron chi connectivity index (χ1n) is 14.8. The van der Waals surface area contributed by atoms with Crippen molar-refractivity contribution in [2.45, 2.75) is 83.1 Å². The van der Waals surface area contributed by atoms with E-state index in [1.807, 2.05) is 69.2 Å². The van der Waals surface area contributed by atoms with E-state index >= 15 is 0 Å². The van der Waals surface area contributed by atoms with Crippen LogP contribution in [0.3, 0.4) is 0 Å². The molecule has 0 aliphatic heterocycles. The molecule has 0 aliphatic rings. The van der Waals surface area contributed by atoms with Gasteiger partial charge in [-0.2, -0.15) is 0 Å². The number of rotatable bonds is 2. The molecule has 0 spiro atoms. The van der Waals surface area contributed by atoms with Gasteiger partial charge in [0, 0.05) is 0 Å². The third-order valence-electron chi connectivity index (χ3n) is 5.77. The second-order valence-corrected chi connectivity index (χ2v) is 7.53. The lowest BCUT2D eigenvalue weighted by molar-refractivity contribution is 1.50. The predicted molar refractivity (Wildman–Crippen MR) is 179 cm³/mol. The minimum absolute atomic E-state index is 1.26. The fourth-order valence-electron chi connectivity index (χ4n) is 4.26. The second-order valence-electron chi connectivity index (χ2n) is 7.53. The van der Waals surface area contributed by atoms with Gasteiger partial charge in [0.05, 0.1) is 0 Å². The van der Waals surface area contributed by atoms with E-state index in [9.17, 15) is 0 Å². The minimum atomic E-state index is 1.26. The first-order valence-corrected chi connectivity index (χ1v) is 14.8. The molecule has 0 bridgehead atoms. The van der Waals surface area contributed by atoms with Crippen molar-refractivity contribution in [2.75, 3.05) is 0 Å². The molecule has 0 radical (unpaired) electrons. The number of aryl methyl sites for hydroxylation is 2. The monoisotopic (exact) mass is 508 g/mol. The van der Waals surface area contributed by atoms with Crippen LogP contribution >= 0.6 is 0 Å². The molecular weight excluding hydrogens is 456 g/mol. The van der Waals surface area contributed by atoms with Gasteiger partial charge in [0.25, 0.3) is 0 Å². The van der Waals surface area contributed by atoms with Gasteiger partial charge in [0.2, 0.25) is 0 Å². The van der Waals surface area contributed by atoms with E-state index in [1.165, 1.54) is 54.9 Å². The van der Waals surface area contributed by atoms with Crippen LogP contribution in [0.25, 0.3) is 43.8 Å². The first kappa shape index (κ1) is 34.6. The molecule has 0 heterocycles. The molecule has 0 N–H and O–H groups in total. The maximum absolute atomic E-state index is 2.33. The lowest BCUT2D eigenvalue weighted by atomic mass is 9.91. The van der Waals surface area contributed by atoms with E-state index < -0.39 is 0 Å². The summed E-state index contributed by atoms with van der Waals surface area (Å²) in [4.78, 5) is 0. The Kier molecular flexibility index (Phi) is 17.9. The van der Waals surface area contributed by atoms with E-state index in [-0.39, 0.29) is 0 Å². The summed E-state index contributed by atoms with van der Waals surface area (Å²) in [6.45, 7) is 24.4. The van der Waals surface area contributed by atoms with Crippen LogP contribution in [-0.2, 0) is 0 Å². The standard InChI is InChI=1S/C28H22.5C2H6/c1-19-14-16-25(27-12-5-3-10-23(19)27)21-8-7-9-22(18-21)26-17-15-20(2)24-11-4-6-13-28(24)26;5*1-2/h3-18H,1-2H3;5*1-2H3. The van der Waals surface area contributed by atoms with E-state index in [1.54, 1.807) is 0 Å². The highest BCUT2D eigenvalue weighted by molar-refractivity contribution is 6.01. The van der Waals surface area contributed by atoms with Crippen LogP contribution in [0.1, 0.15) is 80.4 Å². The number of hydrogen-bond acceptors (Lipinski definition) is 0. The molecule has 5 aromatic rings. The van der Waals surface area contributed by atoms with Crippen LogP contribution in [-0.4, -0.2) is 0 Å². The van der Waals surface area contributed by atoms with Crippen LogP contribution in [0, 0.1) is 13.8 Å². The van der Waals surface area contributed by atoms with Crippen molar-refractivity contribution in [2.24, 2.45) is 0 Å². The van der Waals surface area contributed by atoms with Crippen molar-refractivity contribution in [3.8, 4) is 22.3 Å². The molecule has 204 valence electrons. The molecular formula is C38H52.